The van der Waals surface area contributed by atoms with Crippen molar-refractivity contribution in [1.82, 2.24) is 9.55 Å². The number of nitrogens with zero attached hydrogens (tertiary/aromatic N) is 1. The van der Waals surface area contributed by atoms with Gasteiger partial charge in [-0.2, -0.15) is 0 Å². The molecule has 0 amide bonds. The zero-order chi connectivity index (χ0) is 24.4. The Bertz CT molecular complexity index is 951. The van der Waals surface area contributed by atoms with Gasteiger partial charge in [0, 0.05) is 12.8 Å². The molecule has 1 radical (unpaired) electrons. The standard InChI is InChI=1S/C22H34BrN2O7Si/c1-21(2,3)30-13-15-17(26)18(31-16-8-6-7-11-29-16)22(32-15,33(4)5)25-12-14(9-10-23)19(27)24-20(25)28/h9-10,12,15-18,26H,6-8,11,13H2,1-5H3,(H,24,27,28)/b10-9+/t15-,16?,17-,18+,22-/m1/s1. The molecule has 2 aliphatic heterocycles. The van der Waals surface area contributed by atoms with Crippen molar-refractivity contribution in [2.45, 2.75) is 88.7 Å². The predicted molar refractivity (Wildman–Crippen MR) is 130 cm³/mol. The molecule has 2 N–H and O–H groups in total. The van der Waals surface area contributed by atoms with Crippen molar-refractivity contribution >= 4 is 30.8 Å². The quantitative estimate of drug-likeness (QED) is 0.505. The molecular formula is C22H34BrN2O7Si. The van der Waals surface area contributed by atoms with E-state index in [1.165, 1.54) is 15.7 Å². The predicted octanol–water partition coefficient (Wildman–Crippen LogP) is 2.34. The zero-order valence-corrected chi connectivity index (χ0v) is 22.4. The van der Waals surface area contributed by atoms with Crippen LogP contribution in [-0.2, 0) is 24.3 Å². The number of rotatable bonds is 7. The highest BCUT2D eigenvalue weighted by Crippen LogP contribution is 2.41. The molecule has 1 aromatic heterocycles. The van der Waals surface area contributed by atoms with Crippen LogP contribution in [0.5, 0.6) is 0 Å². The molecule has 5 atom stereocenters. The Kier molecular flexibility index (Phi) is 8.58. The maximum atomic E-state index is 13.1. The molecule has 0 bridgehead atoms. The van der Waals surface area contributed by atoms with E-state index in [0.29, 0.717) is 13.0 Å². The third kappa shape index (κ3) is 5.77. The Balaban J connectivity index is 2.10. The Morgan fingerprint density at radius 3 is 2.67 bits per heavy atom. The summed E-state index contributed by atoms with van der Waals surface area (Å²) in [6, 6.07) is 0. The van der Waals surface area contributed by atoms with Crippen LogP contribution in [0.4, 0.5) is 0 Å². The zero-order valence-electron chi connectivity index (χ0n) is 19.8. The number of aromatic nitrogens is 2. The first-order chi connectivity index (χ1) is 15.5. The topological polar surface area (TPSA) is 112 Å². The second kappa shape index (κ2) is 10.7. The van der Waals surface area contributed by atoms with Crippen molar-refractivity contribution in [3.8, 4) is 0 Å². The Hall–Kier alpha value is -1.08. The molecule has 2 aliphatic rings. The summed E-state index contributed by atoms with van der Waals surface area (Å²) >= 11 is 3.18. The summed E-state index contributed by atoms with van der Waals surface area (Å²) in [5.41, 5.74) is -1.30. The molecule has 2 fully saturated rings. The largest absolute Gasteiger partial charge is 0.387 e. The molecule has 3 heterocycles. The summed E-state index contributed by atoms with van der Waals surface area (Å²) in [6.07, 6.45) is 2.42. The van der Waals surface area contributed by atoms with Crippen LogP contribution in [0.25, 0.3) is 6.08 Å². The van der Waals surface area contributed by atoms with Crippen molar-refractivity contribution in [3.63, 3.8) is 0 Å². The summed E-state index contributed by atoms with van der Waals surface area (Å²) in [4.78, 5) is 29.3. The van der Waals surface area contributed by atoms with E-state index < -0.39 is 55.6 Å². The van der Waals surface area contributed by atoms with Crippen molar-refractivity contribution < 1.29 is 24.1 Å². The maximum Gasteiger partial charge on any atom is 0.330 e. The fourth-order valence-corrected chi connectivity index (χ4v) is 6.30. The van der Waals surface area contributed by atoms with Crippen molar-refractivity contribution in [1.29, 1.82) is 0 Å². The molecule has 2 saturated heterocycles. The lowest BCUT2D eigenvalue weighted by atomic mass is 10.1. The minimum atomic E-state index is -1.52. The van der Waals surface area contributed by atoms with Gasteiger partial charge in [-0.25, -0.2) is 4.79 Å². The van der Waals surface area contributed by atoms with Gasteiger partial charge in [0.2, 0.25) is 0 Å². The highest BCUT2D eigenvalue weighted by atomic mass is 79.9. The first-order valence-electron chi connectivity index (χ1n) is 11.2. The lowest BCUT2D eigenvalue weighted by Gasteiger charge is -2.40. The fourth-order valence-electron chi connectivity index (χ4n) is 4.17. The number of hydrogen-bond acceptors (Lipinski definition) is 7. The summed E-state index contributed by atoms with van der Waals surface area (Å²) in [5, 5.41) is 10.1. The number of aliphatic hydroxyl groups is 1. The minimum Gasteiger partial charge on any atom is -0.387 e. The van der Waals surface area contributed by atoms with Crippen molar-refractivity contribution in [2.24, 2.45) is 0 Å². The van der Waals surface area contributed by atoms with Crippen LogP contribution >= 0.6 is 15.9 Å². The molecule has 0 spiro atoms. The van der Waals surface area contributed by atoms with Gasteiger partial charge < -0.3 is 24.1 Å². The molecule has 33 heavy (non-hydrogen) atoms. The third-order valence-electron chi connectivity index (χ3n) is 5.81. The summed E-state index contributed by atoms with van der Waals surface area (Å²) in [6.45, 7) is 10.4. The number of halogens is 1. The Labute approximate surface area is 203 Å². The van der Waals surface area contributed by atoms with E-state index in [0.717, 1.165) is 12.8 Å². The van der Waals surface area contributed by atoms with Gasteiger partial charge in [-0.3, -0.25) is 14.3 Å². The SMILES string of the molecule is C[Si](C)[C@]1(n2cc(/C=C/Br)c(=O)[nH]c2=O)O[C@H](COC(C)(C)C)[C@@H](O)[C@@H]1OC1CCCCO1. The monoisotopic (exact) mass is 545 g/mol. The average Bonchev–Trinajstić information content (AvgIpc) is 3.02. The Morgan fingerprint density at radius 2 is 2.09 bits per heavy atom. The molecule has 9 nitrogen and oxygen atoms in total. The van der Waals surface area contributed by atoms with Crippen LogP contribution in [0.2, 0.25) is 13.1 Å². The first kappa shape index (κ1) is 26.5. The minimum absolute atomic E-state index is 0.124. The molecule has 185 valence electrons. The molecule has 1 aromatic rings. The lowest BCUT2D eigenvalue weighted by molar-refractivity contribution is -0.225. The molecular weight excluding hydrogens is 512 g/mol. The fraction of sp³-hybridized carbons (Fsp3) is 0.727. The smallest absolute Gasteiger partial charge is 0.330 e. The van der Waals surface area contributed by atoms with E-state index in [2.05, 4.69) is 20.9 Å². The Morgan fingerprint density at radius 1 is 1.36 bits per heavy atom. The summed E-state index contributed by atoms with van der Waals surface area (Å²) < 4.78 is 25.9. The number of H-pyrrole nitrogens is 1. The van der Waals surface area contributed by atoms with E-state index in [-0.39, 0.29) is 12.2 Å². The molecule has 0 aromatic carbocycles. The number of ether oxygens (including phenoxy) is 4. The number of aliphatic hydroxyl groups excluding tert-OH is 1. The summed E-state index contributed by atoms with van der Waals surface area (Å²) in [7, 11) is -1.52. The van der Waals surface area contributed by atoms with E-state index in [1.807, 2.05) is 33.9 Å². The van der Waals surface area contributed by atoms with Gasteiger partial charge in [0.1, 0.15) is 27.1 Å². The van der Waals surface area contributed by atoms with E-state index >= 15 is 0 Å². The van der Waals surface area contributed by atoms with E-state index in [1.54, 1.807) is 6.08 Å². The van der Waals surface area contributed by atoms with Gasteiger partial charge >= 0.3 is 5.69 Å². The normalized spacial score (nSPS) is 31.0. The van der Waals surface area contributed by atoms with Crippen molar-refractivity contribution in [2.75, 3.05) is 13.2 Å². The van der Waals surface area contributed by atoms with Crippen LogP contribution in [0, 0.1) is 0 Å². The van der Waals surface area contributed by atoms with Crippen LogP contribution in [0.1, 0.15) is 45.6 Å². The molecule has 0 saturated carbocycles. The highest BCUT2D eigenvalue weighted by Gasteiger charge is 2.60. The van der Waals surface area contributed by atoms with Gasteiger partial charge in [-0.05, 0) is 51.1 Å². The second-order valence-electron chi connectivity index (χ2n) is 9.63. The molecule has 3 rings (SSSR count). The van der Waals surface area contributed by atoms with Crippen LogP contribution in [0.15, 0.2) is 20.8 Å². The summed E-state index contributed by atoms with van der Waals surface area (Å²) in [5.74, 6) is 0. The van der Waals surface area contributed by atoms with Gasteiger partial charge in [-0.15, -0.1) is 0 Å². The van der Waals surface area contributed by atoms with Gasteiger partial charge in [0.15, 0.2) is 11.6 Å². The molecule has 11 heteroatoms. The van der Waals surface area contributed by atoms with Gasteiger partial charge in [0.05, 0.1) is 17.8 Å². The van der Waals surface area contributed by atoms with Gasteiger partial charge in [-0.1, -0.05) is 29.0 Å². The van der Waals surface area contributed by atoms with E-state index in [9.17, 15) is 14.7 Å². The van der Waals surface area contributed by atoms with Crippen molar-refractivity contribution in [3.05, 3.63) is 37.6 Å². The van der Waals surface area contributed by atoms with Crippen LogP contribution in [-0.4, -0.2) is 66.9 Å². The van der Waals surface area contributed by atoms with E-state index in [4.69, 9.17) is 18.9 Å². The number of nitrogens with one attached hydrogen (secondary N) is 1. The number of aromatic amines is 1. The lowest BCUT2D eigenvalue weighted by Crippen LogP contribution is -2.60. The maximum absolute atomic E-state index is 13.1. The molecule has 1 unspecified atom stereocenters. The second-order valence-corrected chi connectivity index (χ2v) is 12.9. The van der Waals surface area contributed by atoms with Crippen LogP contribution < -0.4 is 11.2 Å². The molecule has 0 aliphatic carbocycles. The third-order valence-corrected chi connectivity index (χ3v) is 8.15. The number of hydrogen-bond donors (Lipinski definition) is 2. The van der Waals surface area contributed by atoms with Gasteiger partial charge in [0.25, 0.3) is 5.56 Å². The van der Waals surface area contributed by atoms with Crippen LogP contribution in [0.3, 0.4) is 0 Å². The average molecular weight is 547 g/mol. The highest BCUT2D eigenvalue weighted by molar-refractivity contribution is 9.11. The first-order valence-corrected chi connectivity index (χ1v) is 14.6.